The molecule has 0 spiro atoms. The van der Waals surface area contributed by atoms with Gasteiger partial charge in [-0.25, -0.2) is 4.68 Å². The second-order valence-electron chi connectivity index (χ2n) is 3.98. The molecule has 7 heteroatoms. The number of nitrogens with two attached hydrogens (primary N) is 1. The maximum absolute atomic E-state index is 6.00. The third-order valence-corrected chi connectivity index (χ3v) is 3.75. The van der Waals surface area contributed by atoms with Crippen LogP contribution >= 0.6 is 22.9 Å². The fourth-order valence-corrected chi connectivity index (χ4v) is 2.69. The Balaban J connectivity index is 2.08. The molecule has 1 aromatic carbocycles. The van der Waals surface area contributed by atoms with Gasteiger partial charge in [0.25, 0.3) is 0 Å². The molecule has 0 saturated heterocycles. The Kier molecular flexibility index (Phi) is 2.96. The molecule has 96 valence electrons. The maximum Gasteiger partial charge on any atom is 0.203 e. The predicted octanol–water partition coefficient (Wildman–Crippen LogP) is 2.93. The normalized spacial score (nSPS) is 10.8. The molecule has 3 rings (SSSR count). The minimum absolute atomic E-state index is 0.449. The minimum Gasteiger partial charge on any atom is -0.374 e. The number of hydrogen-bond acceptors (Lipinski definition) is 5. The van der Waals surface area contributed by atoms with E-state index in [4.69, 9.17) is 17.3 Å². The van der Waals surface area contributed by atoms with Crippen LogP contribution in [0.25, 0.3) is 16.3 Å². The van der Waals surface area contributed by atoms with Crippen molar-refractivity contribution in [2.24, 2.45) is 0 Å². The van der Waals surface area contributed by atoms with E-state index in [9.17, 15) is 0 Å². The van der Waals surface area contributed by atoms with Crippen LogP contribution in [0, 0.1) is 6.92 Å². The summed E-state index contributed by atoms with van der Waals surface area (Å²) in [5.74, 6) is 0. The smallest absolute Gasteiger partial charge is 0.203 e. The molecule has 0 radical (unpaired) electrons. The first-order valence-corrected chi connectivity index (χ1v) is 6.74. The highest BCUT2D eigenvalue weighted by atomic mass is 35.5. The molecule has 2 heterocycles. The second kappa shape index (κ2) is 4.64. The molecule has 0 saturated carbocycles. The highest BCUT2D eigenvalue weighted by Crippen LogP contribution is 2.28. The molecule has 3 aromatic rings. The van der Waals surface area contributed by atoms with Crippen LogP contribution in [0.4, 0.5) is 5.13 Å². The van der Waals surface area contributed by atoms with Gasteiger partial charge in [-0.05, 0) is 25.1 Å². The summed E-state index contributed by atoms with van der Waals surface area (Å²) in [6, 6.07) is 7.53. The topological polar surface area (TPSA) is 69.6 Å². The van der Waals surface area contributed by atoms with Crippen molar-refractivity contribution in [2.45, 2.75) is 6.92 Å². The summed E-state index contributed by atoms with van der Waals surface area (Å²) >= 11 is 7.34. The number of halogens is 1. The summed E-state index contributed by atoms with van der Waals surface area (Å²) in [7, 11) is 0. The Morgan fingerprint density at radius 3 is 2.84 bits per heavy atom. The van der Waals surface area contributed by atoms with Gasteiger partial charge in [-0.15, -0.1) is 10.2 Å². The van der Waals surface area contributed by atoms with Gasteiger partial charge in [0, 0.05) is 5.02 Å². The average Bonchev–Trinajstić information content (AvgIpc) is 2.95. The lowest BCUT2D eigenvalue weighted by atomic mass is 10.2. The number of hydrogen-bond donors (Lipinski definition) is 1. The van der Waals surface area contributed by atoms with Crippen LogP contribution in [0.15, 0.2) is 30.5 Å². The monoisotopic (exact) mass is 291 g/mol. The van der Waals surface area contributed by atoms with Crippen molar-refractivity contribution >= 4 is 28.1 Å². The largest absolute Gasteiger partial charge is 0.374 e. The second-order valence-corrected chi connectivity index (χ2v) is 5.43. The molecule has 0 fully saturated rings. The van der Waals surface area contributed by atoms with Crippen molar-refractivity contribution < 1.29 is 0 Å². The Bertz CT molecular complexity index is 733. The van der Waals surface area contributed by atoms with E-state index >= 15 is 0 Å². The van der Waals surface area contributed by atoms with Gasteiger partial charge in [0.2, 0.25) is 5.13 Å². The number of nitrogens with zero attached hydrogens (tertiary/aromatic N) is 4. The molecular weight excluding hydrogens is 282 g/mol. The lowest BCUT2D eigenvalue weighted by Gasteiger charge is -2.04. The summed E-state index contributed by atoms with van der Waals surface area (Å²) in [5, 5.41) is 14.1. The zero-order valence-corrected chi connectivity index (χ0v) is 11.6. The lowest BCUT2D eigenvalue weighted by Crippen LogP contribution is -1.98. The van der Waals surface area contributed by atoms with E-state index in [1.165, 1.54) is 11.3 Å². The van der Waals surface area contributed by atoms with Crippen LogP contribution in [-0.2, 0) is 0 Å². The predicted molar refractivity (Wildman–Crippen MR) is 76.6 cm³/mol. The van der Waals surface area contributed by atoms with Crippen molar-refractivity contribution in [1.82, 2.24) is 20.0 Å². The molecule has 0 unspecified atom stereocenters. The highest BCUT2D eigenvalue weighted by Gasteiger charge is 2.13. The molecular formula is C12H10ClN5S. The van der Waals surface area contributed by atoms with Crippen molar-refractivity contribution in [2.75, 3.05) is 5.73 Å². The van der Waals surface area contributed by atoms with Crippen LogP contribution in [-0.4, -0.2) is 20.0 Å². The number of nitrogen functional groups attached to an aromatic ring is 1. The molecule has 0 aliphatic rings. The minimum atomic E-state index is 0.449. The molecule has 0 aliphatic carbocycles. The molecule has 2 N–H and O–H groups in total. The third kappa shape index (κ3) is 2.20. The molecule has 5 nitrogen and oxygen atoms in total. The first-order chi connectivity index (χ1) is 9.15. The van der Waals surface area contributed by atoms with Crippen LogP contribution in [0.1, 0.15) is 5.69 Å². The van der Waals surface area contributed by atoms with Crippen LogP contribution in [0.5, 0.6) is 0 Å². The Morgan fingerprint density at radius 2 is 2.16 bits per heavy atom. The molecule has 0 bridgehead atoms. The van der Waals surface area contributed by atoms with E-state index in [1.54, 1.807) is 6.20 Å². The van der Waals surface area contributed by atoms with Gasteiger partial charge >= 0.3 is 0 Å². The number of anilines is 1. The van der Waals surface area contributed by atoms with Crippen molar-refractivity contribution in [3.05, 3.63) is 41.2 Å². The summed E-state index contributed by atoms with van der Waals surface area (Å²) in [6.45, 7) is 1.97. The fourth-order valence-electron chi connectivity index (χ4n) is 1.83. The molecule has 0 amide bonds. The van der Waals surface area contributed by atoms with E-state index in [0.29, 0.717) is 10.2 Å². The summed E-state index contributed by atoms with van der Waals surface area (Å²) in [4.78, 5) is 0. The van der Waals surface area contributed by atoms with E-state index in [0.717, 1.165) is 22.0 Å². The Morgan fingerprint density at radius 1 is 1.32 bits per heavy atom. The van der Waals surface area contributed by atoms with Crippen molar-refractivity contribution in [3.63, 3.8) is 0 Å². The molecule has 0 atom stereocenters. The van der Waals surface area contributed by atoms with Crippen molar-refractivity contribution in [3.8, 4) is 16.3 Å². The van der Waals surface area contributed by atoms with E-state index in [-0.39, 0.29) is 0 Å². The molecule has 2 aromatic heterocycles. The van der Waals surface area contributed by atoms with E-state index < -0.39 is 0 Å². The summed E-state index contributed by atoms with van der Waals surface area (Å²) < 4.78 is 1.82. The first kappa shape index (κ1) is 12.1. The van der Waals surface area contributed by atoms with Crippen LogP contribution in [0.2, 0.25) is 5.02 Å². The quantitative estimate of drug-likeness (QED) is 0.788. The highest BCUT2D eigenvalue weighted by molar-refractivity contribution is 7.18. The maximum atomic E-state index is 6.00. The average molecular weight is 292 g/mol. The van der Waals surface area contributed by atoms with Gasteiger partial charge in [-0.3, -0.25) is 0 Å². The van der Waals surface area contributed by atoms with Crippen LogP contribution in [0.3, 0.4) is 0 Å². The number of benzene rings is 1. The summed E-state index contributed by atoms with van der Waals surface area (Å²) in [5.41, 5.74) is 8.41. The zero-order chi connectivity index (χ0) is 13.4. The summed E-state index contributed by atoms with van der Waals surface area (Å²) in [6.07, 6.45) is 1.76. The van der Waals surface area contributed by atoms with Crippen LogP contribution < -0.4 is 5.73 Å². The van der Waals surface area contributed by atoms with Gasteiger partial charge in [-0.2, -0.15) is 5.10 Å². The SMILES string of the molecule is Cc1c(-c2nnc(N)s2)cnn1-c1cccc(Cl)c1. The van der Waals surface area contributed by atoms with Crippen molar-refractivity contribution in [1.29, 1.82) is 0 Å². The Hall–Kier alpha value is -1.92. The van der Waals surface area contributed by atoms with Gasteiger partial charge in [0.1, 0.15) is 0 Å². The standard InChI is InChI=1S/C12H10ClN5S/c1-7-10(11-16-17-12(14)19-11)6-15-18(7)9-4-2-3-8(13)5-9/h2-6H,1H3,(H2,14,17). The van der Waals surface area contributed by atoms with Gasteiger partial charge in [-0.1, -0.05) is 29.0 Å². The van der Waals surface area contributed by atoms with Gasteiger partial charge in [0.05, 0.1) is 23.1 Å². The number of rotatable bonds is 2. The van der Waals surface area contributed by atoms with E-state index in [2.05, 4.69) is 15.3 Å². The fraction of sp³-hybridized carbons (Fsp3) is 0.0833. The third-order valence-electron chi connectivity index (χ3n) is 2.73. The molecule has 0 aliphatic heterocycles. The first-order valence-electron chi connectivity index (χ1n) is 5.55. The van der Waals surface area contributed by atoms with E-state index in [1.807, 2.05) is 35.9 Å². The number of aromatic nitrogens is 4. The van der Waals surface area contributed by atoms with Gasteiger partial charge in [0.15, 0.2) is 5.01 Å². The zero-order valence-electron chi connectivity index (χ0n) is 10.0. The molecule has 19 heavy (non-hydrogen) atoms. The lowest BCUT2D eigenvalue weighted by molar-refractivity contribution is 0.847. The van der Waals surface area contributed by atoms with Gasteiger partial charge < -0.3 is 5.73 Å². The Labute approximate surface area is 118 Å².